The van der Waals surface area contributed by atoms with Crippen molar-refractivity contribution in [3.05, 3.63) is 65.7 Å². The smallest absolute Gasteiger partial charge is 0.201 e. The van der Waals surface area contributed by atoms with E-state index < -0.39 is 14.7 Å². The third kappa shape index (κ3) is 2.15. The predicted octanol–water partition coefficient (Wildman–Crippen LogP) is 2.29. The molecule has 0 spiro atoms. The molecule has 24 heavy (non-hydrogen) atoms. The van der Waals surface area contributed by atoms with Gasteiger partial charge in [0.25, 0.3) is 0 Å². The molecule has 2 aromatic carbocycles. The summed E-state index contributed by atoms with van der Waals surface area (Å²) in [5.74, 6) is 0. The number of nitrogens with zero attached hydrogens (tertiary/aromatic N) is 1. The molecule has 1 heterocycles. The van der Waals surface area contributed by atoms with Crippen molar-refractivity contribution in [2.75, 3.05) is 13.1 Å². The highest BCUT2D eigenvalue weighted by Gasteiger charge is 2.55. The first kappa shape index (κ1) is 15.8. The van der Waals surface area contributed by atoms with Crippen molar-refractivity contribution in [2.45, 2.75) is 35.1 Å². The second kappa shape index (κ2) is 5.69. The van der Waals surface area contributed by atoms with E-state index in [4.69, 9.17) is 5.73 Å². The quantitative estimate of drug-likeness (QED) is 0.930. The molecular weight excluding hydrogens is 320 g/mol. The molecule has 5 heteroatoms. The molecule has 126 valence electrons. The zero-order valence-corrected chi connectivity index (χ0v) is 14.4. The summed E-state index contributed by atoms with van der Waals surface area (Å²) in [6, 6.07) is 16.8. The Kier molecular flexibility index (Phi) is 3.75. The van der Waals surface area contributed by atoms with Gasteiger partial charge in [0.2, 0.25) is 9.84 Å². The highest BCUT2D eigenvalue weighted by Crippen LogP contribution is 2.49. The molecule has 0 saturated carbocycles. The minimum atomic E-state index is -3.55. The van der Waals surface area contributed by atoms with E-state index in [-0.39, 0.29) is 6.04 Å². The number of hydrogen-bond acceptors (Lipinski definition) is 4. The SMILES string of the molecule is NC1CCN(C2(S(=O)(=O)c3ccccc3)CCc3ccccc32)C1. The second-order valence-corrected chi connectivity index (χ2v) is 8.91. The van der Waals surface area contributed by atoms with E-state index in [2.05, 4.69) is 4.90 Å². The predicted molar refractivity (Wildman–Crippen MR) is 94.2 cm³/mol. The van der Waals surface area contributed by atoms with Gasteiger partial charge in [-0.15, -0.1) is 0 Å². The number of rotatable bonds is 3. The van der Waals surface area contributed by atoms with Crippen LogP contribution >= 0.6 is 0 Å². The maximum Gasteiger partial charge on any atom is 0.201 e. The third-order valence-corrected chi connectivity index (χ3v) is 7.87. The lowest BCUT2D eigenvalue weighted by Gasteiger charge is -2.39. The van der Waals surface area contributed by atoms with E-state index in [1.54, 1.807) is 24.3 Å². The van der Waals surface area contributed by atoms with Crippen molar-refractivity contribution >= 4 is 9.84 Å². The van der Waals surface area contributed by atoms with Crippen molar-refractivity contribution in [2.24, 2.45) is 5.73 Å². The summed E-state index contributed by atoms with van der Waals surface area (Å²) in [5.41, 5.74) is 8.19. The highest BCUT2D eigenvalue weighted by atomic mass is 32.2. The minimum absolute atomic E-state index is 0.0422. The highest BCUT2D eigenvalue weighted by molar-refractivity contribution is 7.92. The summed E-state index contributed by atoms with van der Waals surface area (Å²) < 4.78 is 27.5. The van der Waals surface area contributed by atoms with Crippen LogP contribution in [0.5, 0.6) is 0 Å². The number of fused-ring (bicyclic) bond motifs is 1. The Hall–Kier alpha value is -1.69. The van der Waals surface area contributed by atoms with Gasteiger partial charge in [0.05, 0.1) is 4.90 Å². The first-order valence-electron chi connectivity index (χ1n) is 8.44. The van der Waals surface area contributed by atoms with Crippen LogP contribution in [0.15, 0.2) is 59.5 Å². The molecule has 2 unspecified atom stereocenters. The van der Waals surface area contributed by atoms with Crippen molar-refractivity contribution in [3.63, 3.8) is 0 Å². The van der Waals surface area contributed by atoms with Gasteiger partial charge in [0.1, 0.15) is 0 Å². The zero-order valence-electron chi connectivity index (χ0n) is 13.6. The Morgan fingerprint density at radius 1 is 1.04 bits per heavy atom. The van der Waals surface area contributed by atoms with Crippen LogP contribution in [0.1, 0.15) is 24.0 Å². The second-order valence-electron chi connectivity index (χ2n) is 6.75. The van der Waals surface area contributed by atoms with Crippen LogP contribution in [0.25, 0.3) is 0 Å². The van der Waals surface area contributed by atoms with Crippen LogP contribution < -0.4 is 5.73 Å². The summed E-state index contributed by atoms with van der Waals surface area (Å²) in [4.78, 5) is 1.51. The Balaban J connectivity index is 1.93. The maximum atomic E-state index is 13.7. The first-order chi connectivity index (χ1) is 11.6. The fourth-order valence-corrected chi connectivity index (χ4v) is 6.52. The van der Waals surface area contributed by atoms with Gasteiger partial charge < -0.3 is 5.73 Å². The summed E-state index contributed by atoms with van der Waals surface area (Å²) >= 11 is 0. The summed E-state index contributed by atoms with van der Waals surface area (Å²) in [7, 11) is -3.55. The average Bonchev–Trinajstić information content (AvgIpc) is 3.20. The number of nitrogens with two attached hydrogens (primary N) is 1. The monoisotopic (exact) mass is 342 g/mol. The van der Waals surface area contributed by atoms with Crippen LogP contribution in [-0.4, -0.2) is 32.4 Å². The molecule has 4 nitrogen and oxygen atoms in total. The number of hydrogen-bond donors (Lipinski definition) is 1. The van der Waals surface area contributed by atoms with Crippen molar-refractivity contribution in [3.8, 4) is 0 Å². The molecule has 0 amide bonds. The topological polar surface area (TPSA) is 63.4 Å². The van der Waals surface area contributed by atoms with Crippen LogP contribution in [-0.2, 0) is 21.1 Å². The molecule has 1 aliphatic carbocycles. The average molecular weight is 342 g/mol. The largest absolute Gasteiger partial charge is 0.326 e. The van der Waals surface area contributed by atoms with E-state index in [0.29, 0.717) is 17.9 Å². The van der Waals surface area contributed by atoms with Crippen molar-refractivity contribution in [1.29, 1.82) is 0 Å². The van der Waals surface area contributed by atoms with Crippen LogP contribution in [0, 0.1) is 0 Å². The van der Waals surface area contributed by atoms with Gasteiger partial charge in [-0.3, -0.25) is 4.90 Å². The van der Waals surface area contributed by atoms with E-state index >= 15 is 0 Å². The number of aryl methyl sites for hydroxylation is 1. The van der Waals surface area contributed by atoms with Gasteiger partial charge in [-0.2, -0.15) is 0 Å². The van der Waals surface area contributed by atoms with Crippen LogP contribution in [0.2, 0.25) is 0 Å². The molecule has 0 bridgehead atoms. The van der Waals surface area contributed by atoms with Gasteiger partial charge in [-0.1, -0.05) is 42.5 Å². The molecule has 2 atom stereocenters. The first-order valence-corrected chi connectivity index (χ1v) is 9.93. The molecule has 2 aliphatic rings. The van der Waals surface area contributed by atoms with Gasteiger partial charge >= 0.3 is 0 Å². The number of sulfone groups is 1. The Bertz CT molecular complexity index is 851. The third-order valence-electron chi connectivity index (χ3n) is 5.41. The van der Waals surface area contributed by atoms with E-state index in [1.807, 2.05) is 30.3 Å². The lowest BCUT2D eigenvalue weighted by atomic mass is 10.1. The van der Waals surface area contributed by atoms with Gasteiger partial charge in [-0.25, -0.2) is 8.42 Å². The molecule has 0 radical (unpaired) electrons. The molecule has 0 aromatic heterocycles. The fourth-order valence-electron chi connectivity index (χ4n) is 4.25. The Morgan fingerprint density at radius 2 is 1.75 bits per heavy atom. The van der Waals surface area contributed by atoms with Crippen molar-refractivity contribution in [1.82, 2.24) is 4.90 Å². The Morgan fingerprint density at radius 3 is 2.46 bits per heavy atom. The van der Waals surface area contributed by atoms with E-state index in [0.717, 1.165) is 30.5 Å². The molecule has 2 aromatic rings. The van der Waals surface area contributed by atoms with Crippen molar-refractivity contribution < 1.29 is 8.42 Å². The maximum absolute atomic E-state index is 13.7. The molecular formula is C19H22N2O2S. The Labute approximate surface area is 143 Å². The normalized spacial score (nSPS) is 27.3. The van der Waals surface area contributed by atoms with Gasteiger partial charge in [-0.05, 0) is 42.5 Å². The standard InChI is InChI=1S/C19H22N2O2S/c20-16-11-13-21(14-16)19(12-10-15-6-4-5-9-18(15)19)24(22,23)17-7-2-1-3-8-17/h1-9,16H,10-14,20H2. The summed E-state index contributed by atoms with van der Waals surface area (Å²) in [5, 5.41) is 0. The minimum Gasteiger partial charge on any atom is -0.326 e. The van der Waals surface area contributed by atoms with Gasteiger partial charge in [0.15, 0.2) is 4.87 Å². The number of likely N-dealkylation sites (tertiary alicyclic amines) is 1. The lowest BCUT2D eigenvalue weighted by molar-refractivity contribution is 0.194. The van der Waals surface area contributed by atoms with E-state index in [9.17, 15) is 8.42 Å². The molecule has 2 N–H and O–H groups in total. The zero-order chi connectivity index (χ0) is 16.8. The molecule has 1 aliphatic heterocycles. The molecule has 1 fully saturated rings. The number of benzene rings is 2. The lowest BCUT2D eigenvalue weighted by Crippen LogP contribution is -2.50. The van der Waals surface area contributed by atoms with Crippen LogP contribution in [0.4, 0.5) is 0 Å². The van der Waals surface area contributed by atoms with E-state index in [1.165, 1.54) is 0 Å². The molecule has 4 rings (SSSR count). The van der Waals surface area contributed by atoms with Crippen LogP contribution in [0.3, 0.4) is 0 Å². The fraction of sp³-hybridized carbons (Fsp3) is 0.368. The van der Waals surface area contributed by atoms with Gasteiger partial charge in [0, 0.05) is 19.1 Å². The summed E-state index contributed by atoms with van der Waals surface area (Å²) in [6.07, 6.45) is 2.22. The molecule has 1 saturated heterocycles. The summed E-state index contributed by atoms with van der Waals surface area (Å²) in [6.45, 7) is 1.35.